The number of benzene rings is 4. The second-order valence-electron chi connectivity index (χ2n) is 16.2. The smallest absolute Gasteiger partial charge is 0.121 e. The number of fused-ring (bicyclic) bond motifs is 3. The summed E-state index contributed by atoms with van der Waals surface area (Å²) >= 11 is 0. The Bertz CT molecular complexity index is 2300. The summed E-state index contributed by atoms with van der Waals surface area (Å²) in [7, 11) is -1.26. The van der Waals surface area contributed by atoms with Crippen molar-refractivity contribution in [2.75, 3.05) is 0 Å². The van der Waals surface area contributed by atoms with Gasteiger partial charge >= 0.3 is 0 Å². The van der Waals surface area contributed by atoms with Crippen molar-refractivity contribution in [3.63, 3.8) is 0 Å². The summed E-state index contributed by atoms with van der Waals surface area (Å²) in [5.74, 6) is 1.56. The first-order valence-electron chi connectivity index (χ1n) is 19.8. The quantitative estimate of drug-likeness (QED) is 0.118. The van der Waals surface area contributed by atoms with Gasteiger partial charge in [-0.25, -0.2) is 0 Å². The zero-order valence-electron chi connectivity index (χ0n) is 31.8. The van der Waals surface area contributed by atoms with Crippen LogP contribution in [-0.2, 0) is 26.5 Å². The van der Waals surface area contributed by atoms with E-state index < -0.39 is 8.07 Å². The molecule has 277 valence electrons. The molecule has 2 aliphatic carbocycles. The standard InChI is InChI=1S/C30H26NO.C19H24NSi.Ir/c1-3-8-21(9-4-1)18-22-16-17-31-28(19-22)27-13-7-12-26-25-15-14-24(20-29(25)32-30(26)27)23-10-5-2-6-11-23;1-21(2,3)18-11-12-19(20-14-18)17-10-6-9-16(13-17)15-7-4-5-8-15;/h2,5-7,10-12,14-17,19-21H,1,3-4,8-9,18H2;6,9,11-15H,4-5,7-8H2,1-3H3;/q2*-1;. The first kappa shape index (κ1) is 38.1. The van der Waals surface area contributed by atoms with Gasteiger partial charge in [-0.15, -0.1) is 53.6 Å². The van der Waals surface area contributed by atoms with Crippen molar-refractivity contribution in [2.24, 2.45) is 5.92 Å². The topological polar surface area (TPSA) is 38.9 Å². The van der Waals surface area contributed by atoms with E-state index in [-0.39, 0.29) is 20.1 Å². The van der Waals surface area contributed by atoms with Crippen LogP contribution in [0.15, 0.2) is 120 Å². The van der Waals surface area contributed by atoms with Crippen LogP contribution in [0.2, 0.25) is 19.6 Å². The van der Waals surface area contributed by atoms with Gasteiger partial charge in [0.05, 0.1) is 13.7 Å². The Morgan fingerprint density at radius 3 is 2.22 bits per heavy atom. The first-order chi connectivity index (χ1) is 25.9. The SMILES string of the molecule is C[Si](C)(C)c1ccc(-c2[c-]ccc(C3CCCC3)c2)nc1.[Ir].[c-]1ccc2c(oc3cc(-c4ccccc4)ccc32)c1-c1cc(CC2CCCCC2)ccn1. The molecule has 2 fully saturated rings. The summed E-state index contributed by atoms with van der Waals surface area (Å²) in [5.41, 5.74) is 11.1. The minimum absolute atomic E-state index is 0. The normalized spacial score (nSPS) is 15.2. The van der Waals surface area contributed by atoms with E-state index in [2.05, 4.69) is 134 Å². The van der Waals surface area contributed by atoms with Crippen LogP contribution in [-0.4, -0.2) is 18.0 Å². The predicted octanol–water partition coefficient (Wildman–Crippen LogP) is 13.0. The third-order valence-electron chi connectivity index (χ3n) is 11.4. The summed E-state index contributed by atoms with van der Waals surface area (Å²) in [5, 5.41) is 3.67. The summed E-state index contributed by atoms with van der Waals surface area (Å²) in [6.45, 7) is 7.07. The van der Waals surface area contributed by atoms with Crippen molar-refractivity contribution >= 4 is 35.2 Å². The van der Waals surface area contributed by atoms with Crippen molar-refractivity contribution in [2.45, 2.75) is 89.8 Å². The largest absolute Gasteiger partial charge is 0.501 e. The van der Waals surface area contributed by atoms with Gasteiger partial charge in [-0.05, 0) is 70.9 Å². The third-order valence-corrected chi connectivity index (χ3v) is 13.5. The van der Waals surface area contributed by atoms with E-state index in [0.717, 1.165) is 68.3 Å². The van der Waals surface area contributed by atoms with Crippen molar-refractivity contribution in [3.8, 4) is 33.6 Å². The summed E-state index contributed by atoms with van der Waals surface area (Å²) < 4.78 is 6.42. The number of furan rings is 1. The first-order valence-corrected chi connectivity index (χ1v) is 23.3. The van der Waals surface area contributed by atoms with Crippen LogP contribution >= 0.6 is 0 Å². The maximum atomic E-state index is 6.42. The van der Waals surface area contributed by atoms with Gasteiger partial charge in [-0.3, -0.25) is 0 Å². The van der Waals surface area contributed by atoms with Gasteiger partial charge < -0.3 is 14.4 Å². The summed E-state index contributed by atoms with van der Waals surface area (Å²) in [6.07, 6.45) is 17.4. The molecular formula is C49H50IrN2OSi-2. The number of hydrogen-bond donors (Lipinski definition) is 0. The van der Waals surface area contributed by atoms with Crippen LogP contribution in [0.1, 0.15) is 74.8 Å². The maximum absolute atomic E-state index is 6.42. The van der Waals surface area contributed by atoms with Crippen molar-refractivity contribution < 1.29 is 24.5 Å². The van der Waals surface area contributed by atoms with E-state index in [4.69, 9.17) is 9.40 Å². The van der Waals surface area contributed by atoms with Crippen molar-refractivity contribution in [1.29, 1.82) is 0 Å². The molecule has 0 unspecified atom stereocenters. The molecule has 54 heavy (non-hydrogen) atoms. The Morgan fingerprint density at radius 2 is 1.46 bits per heavy atom. The fraction of sp³-hybridized carbons (Fsp3) is 0.306. The predicted molar refractivity (Wildman–Crippen MR) is 224 cm³/mol. The minimum atomic E-state index is -1.26. The molecule has 7 aromatic rings. The molecule has 9 rings (SSSR count). The molecule has 2 saturated carbocycles. The van der Waals surface area contributed by atoms with Crippen LogP contribution in [0.25, 0.3) is 55.6 Å². The zero-order valence-corrected chi connectivity index (χ0v) is 35.2. The van der Waals surface area contributed by atoms with Crippen molar-refractivity contribution in [1.82, 2.24) is 9.97 Å². The number of pyridine rings is 2. The van der Waals surface area contributed by atoms with E-state index in [1.54, 1.807) is 0 Å². The second kappa shape index (κ2) is 17.1. The van der Waals surface area contributed by atoms with Gasteiger partial charge in [-0.1, -0.05) is 142 Å². The molecule has 1 radical (unpaired) electrons. The van der Waals surface area contributed by atoms with Crippen LogP contribution in [0.4, 0.5) is 0 Å². The van der Waals surface area contributed by atoms with E-state index in [1.807, 2.05) is 18.3 Å². The molecule has 0 bridgehead atoms. The minimum Gasteiger partial charge on any atom is -0.501 e. The molecular weight excluding hydrogens is 853 g/mol. The Morgan fingerprint density at radius 1 is 0.685 bits per heavy atom. The van der Waals surface area contributed by atoms with E-state index in [9.17, 15) is 0 Å². The monoisotopic (exact) mass is 903 g/mol. The van der Waals surface area contributed by atoms with Crippen LogP contribution in [0.5, 0.6) is 0 Å². The molecule has 0 N–H and O–H groups in total. The number of aromatic nitrogens is 2. The van der Waals surface area contributed by atoms with Gasteiger partial charge in [0.2, 0.25) is 0 Å². The number of hydrogen-bond acceptors (Lipinski definition) is 3. The second-order valence-corrected chi connectivity index (χ2v) is 21.3. The molecule has 0 atom stereocenters. The molecule has 0 spiro atoms. The average Bonchev–Trinajstić information content (AvgIpc) is 3.88. The summed E-state index contributed by atoms with van der Waals surface area (Å²) in [4.78, 5) is 9.38. The molecule has 5 heteroatoms. The maximum Gasteiger partial charge on any atom is 0.121 e. The molecule has 0 amide bonds. The number of nitrogens with zero attached hydrogens (tertiary/aromatic N) is 2. The average molecular weight is 903 g/mol. The third kappa shape index (κ3) is 8.70. The van der Waals surface area contributed by atoms with Crippen LogP contribution < -0.4 is 5.19 Å². The Kier molecular flexibility index (Phi) is 12.1. The molecule has 3 heterocycles. The Hall–Kier alpha value is -4.15. The molecule has 3 aromatic heterocycles. The van der Waals surface area contributed by atoms with E-state index in [0.29, 0.717) is 0 Å². The molecule has 4 aromatic carbocycles. The van der Waals surface area contributed by atoms with Crippen molar-refractivity contribution in [3.05, 3.63) is 139 Å². The molecule has 0 saturated heterocycles. The Labute approximate surface area is 336 Å². The van der Waals surface area contributed by atoms with E-state index in [1.165, 1.54) is 79.7 Å². The van der Waals surface area contributed by atoms with Gasteiger partial charge in [0.1, 0.15) is 5.58 Å². The van der Waals surface area contributed by atoms with Gasteiger partial charge in [0, 0.05) is 37.9 Å². The fourth-order valence-corrected chi connectivity index (χ4v) is 9.38. The van der Waals surface area contributed by atoms with Crippen LogP contribution in [0.3, 0.4) is 0 Å². The fourth-order valence-electron chi connectivity index (χ4n) is 8.35. The zero-order chi connectivity index (χ0) is 36.2. The summed E-state index contributed by atoms with van der Waals surface area (Å²) in [6, 6.07) is 43.2. The van der Waals surface area contributed by atoms with Gasteiger partial charge in [-0.2, -0.15) is 0 Å². The van der Waals surface area contributed by atoms with Crippen LogP contribution in [0, 0.1) is 18.1 Å². The molecule has 2 aliphatic rings. The van der Waals surface area contributed by atoms with Gasteiger partial charge in [0.25, 0.3) is 0 Å². The Balaban J connectivity index is 0.000000178. The molecule has 0 aliphatic heterocycles. The molecule has 3 nitrogen and oxygen atoms in total. The van der Waals surface area contributed by atoms with Gasteiger partial charge in [0.15, 0.2) is 0 Å². The van der Waals surface area contributed by atoms with E-state index >= 15 is 0 Å². The number of rotatable bonds is 7.